The van der Waals surface area contributed by atoms with Gasteiger partial charge in [-0.1, -0.05) is 22.6 Å². The average Bonchev–Trinajstić information content (AvgIpc) is 2.33. The van der Waals surface area contributed by atoms with Crippen LogP contribution in [0.5, 0.6) is 0 Å². The Morgan fingerprint density at radius 2 is 1.90 bits per heavy atom. The minimum absolute atomic E-state index is 0.00884. The molecule has 0 aromatic heterocycles. The molecule has 1 saturated carbocycles. The molecule has 2 rings (SSSR count). The highest BCUT2D eigenvalue weighted by atomic mass is 127. The van der Waals surface area contributed by atoms with Crippen LogP contribution in [0.4, 0.5) is 13.2 Å². The molecule has 0 bridgehead atoms. The van der Waals surface area contributed by atoms with E-state index in [2.05, 4.69) is 28.7 Å². The molecule has 0 N–H and O–H groups in total. The SMILES string of the molecule is CCOC1(C(F)(F)F)CN(C2CCC(I)(CC#N)CC2)C1. The van der Waals surface area contributed by atoms with Crippen LogP contribution in [0.3, 0.4) is 0 Å². The van der Waals surface area contributed by atoms with E-state index in [-0.39, 0.29) is 29.2 Å². The van der Waals surface area contributed by atoms with Crippen molar-refractivity contribution in [2.24, 2.45) is 0 Å². The third-order valence-electron chi connectivity index (χ3n) is 4.62. The number of nitrogens with zero attached hydrogens (tertiary/aromatic N) is 2. The lowest BCUT2D eigenvalue weighted by Gasteiger charge is -2.54. The first-order valence-corrected chi connectivity index (χ1v) is 8.34. The van der Waals surface area contributed by atoms with E-state index < -0.39 is 11.8 Å². The lowest BCUT2D eigenvalue weighted by molar-refractivity contribution is -0.322. The minimum atomic E-state index is -4.30. The summed E-state index contributed by atoms with van der Waals surface area (Å²) in [5.41, 5.74) is -1.97. The molecule has 7 heteroatoms. The highest BCUT2D eigenvalue weighted by Crippen LogP contribution is 2.46. The number of alkyl halides is 4. The molecule has 3 nitrogen and oxygen atoms in total. The zero-order valence-electron chi connectivity index (χ0n) is 12.0. The topological polar surface area (TPSA) is 36.3 Å². The largest absolute Gasteiger partial charge is 0.419 e. The second-order valence-corrected chi connectivity index (χ2v) is 8.34. The molecule has 1 saturated heterocycles. The van der Waals surface area contributed by atoms with Crippen LogP contribution in [0.25, 0.3) is 0 Å². The van der Waals surface area contributed by atoms with Gasteiger partial charge in [0, 0.05) is 35.6 Å². The molecule has 0 unspecified atom stereocenters. The summed E-state index contributed by atoms with van der Waals surface area (Å²) in [7, 11) is 0. The van der Waals surface area contributed by atoms with Crippen molar-refractivity contribution >= 4 is 22.6 Å². The average molecular weight is 416 g/mol. The summed E-state index contributed by atoms with van der Waals surface area (Å²) in [5.74, 6) is 0. The number of rotatable bonds is 4. The van der Waals surface area contributed by atoms with Crippen molar-refractivity contribution < 1.29 is 17.9 Å². The van der Waals surface area contributed by atoms with Crippen molar-refractivity contribution in [2.75, 3.05) is 19.7 Å². The monoisotopic (exact) mass is 416 g/mol. The number of ether oxygens (including phenoxy) is 1. The summed E-state index contributed by atoms with van der Waals surface area (Å²) >= 11 is 2.34. The molecule has 0 radical (unpaired) electrons. The van der Waals surface area contributed by atoms with Crippen molar-refractivity contribution in [3.8, 4) is 6.07 Å². The molecular formula is C14H20F3IN2O. The Kier molecular flexibility index (Phi) is 5.11. The molecule has 2 aliphatic rings. The third-order valence-corrected chi connectivity index (χ3v) is 6.08. The summed E-state index contributed by atoms with van der Waals surface area (Å²) in [6.45, 7) is 1.57. The molecule has 2 fully saturated rings. The summed E-state index contributed by atoms with van der Waals surface area (Å²) in [6.07, 6.45) is -0.255. The molecule has 1 aliphatic heterocycles. The molecule has 1 heterocycles. The molecule has 0 aromatic rings. The van der Waals surface area contributed by atoms with E-state index >= 15 is 0 Å². The van der Waals surface area contributed by atoms with Crippen LogP contribution >= 0.6 is 22.6 Å². The number of halogens is 4. The molecule has 1 aliphatic carbocycles. The van der Waals surface area contributed by atoms with E-state index in [1.807, 2.05) is 4.90 Å². The molecule has 21 heavy (non-hydrogen) atoms. The molecule has 120 valence electrons. The van der Waals surface area contributed by atoms with E-state index in [1.165, 1.54) is 0 Å². The Balaban J connectivity index is 1.89. The summed E-state index contributed by atoms with van der Waals surface area (Å²) < 4.78 is 44.4. The first-order chi connectivity index (χ1) is 9.75. The van der Waals surface area contributed by atoms with E-state index in [0.29, 0.717) is 6.42 Å². The second kappa shape index (κ2) is 6.20. The van der Waals surface area contributed by atoms with Gasteiger partial charge in [0.1, 0.15) is 0 Å². The van der Waals surface area contributed by atoms with Gasteiger partial charge in [0.2, 0.25) is 0 Å². The standard InChI is InChI=1S/C14H20F3IN2O/c1-2-21-13(14(15,16)17)9-20(10-13)11-3-5-12(18,6-4-11)7-8-19/h11H,2-7,9-10H2,1H3. The van der Waals surface area contributed by atoms with E-state index in [9.17, 15) is 13.2 Å². The van der Waals surface area contributed by atoms with Gasteiger partial charge in [0.15, 0.2) is 5.60 Å². The van der Waals surface area contributed by atoms with Gasteiger partial charge in [-0.25, -0.2) is 0 Å². The lowest BCUT2D eigenvalue weighted by Crippen LogP contribution is -2.72. The lowest BCUT2D eigenvalue weighted by atomic mass is 9.80. The molecule has 0 spiro atoms. The zero-order chi connectivity index (χ0) is 15.7. The molecule has 0 aromatic carbocycles. The molecule has 0 amide bonds. The van der Waals surface area contributed by atoms with Gasteiger partial charge in [-0.3, -0.25) is 4.90 Å². The Morgan fingerprint density at radius 1 is 1.33 bits per heavy atom. The van der Waals surface area contributed by atoms with Gasteiger partial charge in [-0.2, -0.15) is 18.4 Å². The van der Waals surface area contributed by atoms with Gasteiger partial charge in [-0.15, -0.1) is 0 Å². The Morgan fingerprint density at radius 3 is 2.33 bits per heavy atom. The minimum Gasteiger partial charge on any atom is -0.363 e. The van der Waals surface area contributed by atoms with Crippen LogP contribution in [0.15, 0.2) is 0 Å². The smallest absolute Gasteiger partial charge is 0.363 e. The molecular weight excluding hydrogens is 396 g/mol. The predicted molar refractivity (Wildman–Crippen MR) is 81.2 cm³/mol. The zero-order valence-corrected chi connectivity index (χ0v) is 14.2. The van der Waals surface area contributed by atoms with Crippen LogP contribution in [0.2, 0.25) is 0 Å². The van der Waals surface area contributed by atoms with Crippen molar-refractivity contribution in [2.45, 2.75) is 60.3 Å². The van der Waals surface area contributed by atoms with E-state index in [0.717, 1.165) is 25.7 Å². The number of nitriles is 1. The van der Waals surface area contributed by atoms with Gasteiger partial charge in [-0.05, 0) is 32.6 Å². The maximum Gasteiger partial charge on any atom is 0.419 e. The van der Waals surface area contributed by atoms with E-state index in [4.69, 9.17) is 10.00 Å². The van der Waals surface area contributed by atoms with Crippen molar-refractivity contribution in [3.63, 3.8) is 0 Å². The highest BCUT2D eigenvalue weighted by Gasteiger charge is 2.63. The second-order valence-electron chi connectivity index (χ2n) is 6.05. The van der Waals surface area contributed by atoms with Crippen LogP contribution in [-0.4, -0.2) is 45.8 Å². The van der Waals surface area contributed by atoms with Gasteiger partial charge >= 0.3 is 6.18 Å². The first kappa shape index (κ1) is 17.3. The Bertz CT molecular complexity index is 407. The fourth-order valence-electron chi connectivity index (χ4n) is 3.30. The fourth-order valence-corrected chi connectivity index (χ4v) is 4.09. The Labute approximate surface area is 136 Å². The number of hydrogen-bond acceptors (Lipinski definition) is 3. The normalized spacial score (nSPS) is 33.2. The van der Waals surface area contributed by atoms with Crippen LogP contribution in [-0.2, 0) is 4.74 Å². The van der Waals surface area contributed by atoms with Crippen LogP contribution < -0.4 is 0 Å². The van der Waals surface area contributed by atoms with Crippen molar-refractivity contribution in [1.82, 2.24) is 4.90 Å². The highest BCUT2D eigenvalue weighted by molar-refractivity contribution is 14.1. The van der Waals surface area contributed by atoms with E-state index in [1.54, 1.807) is 6.92 Å². The molecule has 0 atom stereocenters. The van der Waals surface area contributed by atoms with Crippen LogP contribution in [0.1, 0.15) is 39.0 Å². The summed E-state index contributed by atoms with van der Waals surface area (Å²) in [6, 6.07) is 2.41. The number of hydrogen-bond donors (Lipinski definition) is 0. The fraction of sp³-hybridized carbons (Fsp3) is 0.929. The van der Waals surface area contributed by atoms with Crippen molar-refractivity contribution in [1.29, 1.82) is 5.26 Å². The quantitative estimate of drug-likeness (QED) is 0.519. The van der Waals surface area contributed by atoms with Crippen LogP contribution in [0, 0.1) is 11.3 Å². The van der Waals surface area contributed by atoms with Gasteiger partial charge in [0.05, 0.1) is 6.07 Å². The summed E-state index contributed by atoms with van der Waals surface area (Å²) in [4.78, 5) is 1.89. The predicted octanol–water partition coefficient (Wildman–Crippen LogP) is 3.67. The first-order valence-electron chi connectivity index (χ1n) is 7.26. The maximum atomic E-state index is 13.1. The maximum absolute atomic E-state index is 13.1. The summed E-state index contributed by atoms with van der Waals surface area (Å²) in [5, 5.41) is 8.83. The van der Waals surface area contributed by atoms with Gasteiger partial charge < -0.3 is 4.74 Å². The Hall–Kier alpha value is -0.0700. The van der Waals surface area contributed by atoms with Gasteiger partial charge in [0.25, 0.3) is 0 Å². The number of likely N-dealkylation sites (tertiary alicyclic amines) is 1. The van der Waals surface area contributed by atoms with Crippen molar-refractivity contribution in [3.05, 3.63) is 0 Å². The third kappa shape index (κ3) is 3.48.